The van der Waals surface area contributed by atoms with Crippen molar-refractivity contribution >= 4 is 5.71 Å². The molecular weight excluding hydrogens is 182 g/mol. The van der Waals surface area contributed by atoms with E-state index in [4.69, 9.17) is 5.41 Å². The molecule has 0 aromatic heterocycles. The van der Waals surface area contributed by atoms with E-state index in [0.717, 1.165) is 11.3 Å². The molecule has 0 aliphatic rings. The molecule has 0 unspecified atom stereocenters. The van der Waals surface area contributed by atoms with Crippen LogP contribution in [0.25, 0.3) is 0 Å². The maximum absolute atomic E-state index is 5.99. The monoisotopic (exact) mass is 197 g/mol. The Balaban J connectivity index is 0.00000144. The van der Waals surface area contributed by atoms with Crippen LogP contribution in [0.1, 0.15) is 26.3 Å². The van der Waals surface area contributed by atoms with Crippen LogP contribution in [0.3, 0.4) is 0 Å². The van der Waals surface area contributed by atoms with Crippen LogP contribution >= 0.6 is 0 Å². The lowest BCUT2D eigenvalue weighted by atomic mass is 9.86. The van der Waals surface area contributed by atoms with Crippen LogP contribution in [0, 0.1) is 5.41 Å². The minimum atomic E-state index is 0. The Kier molecular flexibility index (Phi) is 4.15. The fourth-order valence-corrected chi connectivity index (χ4v) is 1.05. The average molecular weight is 198 g/mol. The predicted molar refractivity (Wildman–Crippen MR) is 51.9 cm³/mol. The highest BCUT2D eigenvalue weighted by Gasteiger charge is 2.23. The Morgan fingerprint density at radius 3 is 1.92 bits per heavy atom. The smallest absolute Gasteiger partial charge is 0.185 e. The molecule has 0 bridgehead atoms. The quantitative estimate of drug-likeness (QED) is 0.519. The standard InChI is InChI=1S/C11H15N.ClH/c1-11(2,3)10(12)9-7-5-4-6-8-9;/h4-8,12H,1-3H3;1H. The molecule has 0 saturated carbocycles. The number of rotatable bonds is 1. The molecule has 0 saturated heterocycles. The topological polar surface area (TPSA) is 25.6 Å². The van der Waals surface area contributed by atoms with Gasteiger partial charge in [-0.15, -0.1) is 0 Å². The van der Waals surface area contributed by atoms with Gasteiger partial charge < -0.3 is 12.4 Å². The molecule has 1 nitrogen and oxygen atoms in total. The number of benzene rings is 1. The first-order chi connectivity index (χ1) is 5.52. The van der Waals surface area contributed by atoms with Gasteiger partial charge in [-0.1, -0.05) is 39.0 Å². The molecule has 0 heterocycles. The summed E-state index contributed by atoms with van der Waals surface area (Å²) in [6.07, 6.45) is 0. The van der Waals surface area contributed by atoms with Crippen molar-refractivity contribution in [2.24, 2.45) is 5.41 Å². The number of hydrogen-bond donors (Lipinski definition) is 1. The largest absolute Gasteiger partial charge is 1.00 e. The Morgan fingerprint density at radius 2 is 1.54 bits per heavy atom. The third kappa shape index (κ3) is 3.19. The van der Waals surface area contributed by atoms with E-state index in [-0.39, 0.29) is 17.8 Å². The van der Waals surface area contributed by atoms with Crippen LogP contribution in [-0.2, 0) is 0 Å². The first-order valence-electron chi connectivity index (χ1n) is 4.20. The van der Waals surface area contributed by atoms with Gasteiger partial charge in [0.1, 0.15) is 0 Å². The second kappa shape index (κ2) is 4.43. The summed E-state index contributed by atoms with van der Waals surface area (Å²) in [4.78, 5) is 0. The van der Waals surface area contributed by atoms with Crippen molar-refractivity contribution in [2.45, 2.75) is 20.8 Å². The Bertz CT molecular complexity index is 272. The van der Waals surface area contributed by atoms with Crippen LogP contribution < -0.4 is 17.8 Å². The number of halogens is 1. The van der Waals surface area contributed by atoms with E-state index in [2.05, 4.69) is 20.8 Å². The zero-order valence-corrected chi connectivity index (χ0v) is 9.10. The molecule has 0 amide bonds. The van der Waals surface area contributed by atoms with Crippen molar-refractivity contribution in [2.75, 3.05) is 0 Å². The van der Waals surface area contributed by atoms with Crippen LogP contribution in [0.15, 0.2) is 30.3 Å². The van der Waals surface area contributed by atoms with Crippen LogP contribution in [-0.4, -0.2) is 5.71 Å². The fourth-order valence-electron chi connectivity index (χ4n) is 1.05. The molecule has 0 radical (unpaired) electrons. The zero-order chi connectivity index (χ0) is 9.19. The number of nitrogens with two attached hydrogens (primary N) is 1. The van der Waals surface area contributed by atoms with Crippen molar-refractivity contribution in [1.29, 1.82) is 0 Å². The second-order valence-corrected chi connectivity index (χ2v) is 4.03. The van der Waals surface area contributed by atoms with E-state index in [0.29, 0.717) is 0 Å². The maximum Gasteiger partial charge on any atom is 0.185 e. The van der Waals surface area contributed by atoms with Gasteiger partial charge >= 0.3 is 0 Å². The molecule has 2 N–H and O–H groups in total. The first kappa shape index (κ1) is 12.2. The maximum atomic E-state index is 5.99. The summed E-state index contributed by atoms with van der Waals surface area (Å²) < 4.78 is 0. The second-order valence-electron chi connectivity index (χ2n) is 4.03. The van der Waals surface area contributed by atoms with Crippen LogP contribution in [0.5, 0.6) is 0 Å². The highest BCUT2D eigenvalue weighted by Crippen LogP contribution is 2.17. The number of hydrogen-bond acceptors (Lipinski definition) is 0. The lowest BCUT2D eigenvalue weighted by molar-refractivity contribution is -0.122. The average Bonchev–Trinajstić information content (AvgIpc) is 2.03. The van der Waals surface area contributed by atoms with Gasteiger partial charge in [-0.3, -0.25) is 5.41 Å². The molecule has 0 aliphatic heterocycles. The SMILES string of the molecule is CC(C)(C)C(=[NH2+])c1ccccc1.[Cl-]. The van der Waals surface area contributed by atoms with Crippen molar-refractivity contribution in [3.8, 4) is 0 Å². The minimum Gasteiger partial charge on any atom is -1.00 e. The molecular formula is C11H16ClN. The van der Waals surface area contributed by atoms with Crippen molar-refractivity contribution < 1.29 is 17.8 Å². The normalized spacial score (nSPS) is 10.4. The van der Waals surface area contributed by atoms with E-state index in [1.54, 1.807) is 0 Å². The Labute approximate surface area is 86.1 Å². The van der Waals surface area contributed by atoms with E-state index in [9.17, 15) is 0 Å². The van der Waals surface area contributed by atoms with Gasteiger partial charge in [-0.2, -0.15) is 0 Å². The van der Waals surface area contributed by atoms with Gasteiger partial charge in [0.25, 0.3) is 0 Å². The summed E-state index contributed by atoms with van der Waals surface area (Å²) >= 11 is 0. The van der Waals surface area contributed by atoms with Crippen LogP contribution in [0.4, 0.5) is 0 Å². The van der Waals surface area contributed by atoms with Crippen molar-refractivity contribution in [3.63, 3.8) is 0 Å². The molecule has 13 heavy (non-hydrogen) atoms. The molecule has 72 valence electrons. The summed E-state index contributed by atoms with van der Waals surface area (Å²) in [7, 11) is 0. The first-order valence-corrected chi connectivity index (χ1v) is 4.20. The van der Waals surface area contributed by atoms with Gasteiger partial charge in [-0.05, 0) is 12.1 Å². The van der Waals surface area contributed by atoms with Crippen LogP contribution in [0.2, 0.25) is 0 Å². The van der Waals surface area contributed by atoms with E-state index < -0.39 is 0 Å². The van der Waals surface area contributed by atoms with E-state index in [1.807, 2.05) is 30.3 Å². The third-order valence-electron chi connectivity index (χ3n) is 1.89. The molecule has 0 fully saturated rings. The predicted octanol–water partition coefficient (Wildman–Crippen LogP) is -1.72. The molecule has 1 aromatic rings. The molecule has 0 atom stereocenters. The summed E-state index contributed by atoms with van der Waals surface area (Å²) in [5, 5.41) is 5.99. The fraction of sp³-hybridized carbons (Fsp3) is 0.364. The highest BCUT2D eigenvalue weighted by molar-refractivity contribution is 5.99. The van der Waals surface area contributed by atoms with Gasteiger partial charge in [0.15, 0.2) is 5.71 Å². The lowest BCUT2D eigenvalue weighted by Crippen LogP contribution is -3.00. The van der Waals surface area contributed by atoms with Gasteiger partial charge in [-0.25, -0.2) is 0 Å². The van der Waals surface area contributed by atoms with E-state index >= 15 is 0 Å². The molecule has 2 heteroatoms. The molecule has 1 rings (SSSR count). The lowest BCUT2D eigenvalue weighted by Gasteiger charge is -2.14. The van der Waals surface area contributed by atoms with Gasteiger partial charge in [0.2, 0.25) is 0 Å². The molecule has 0 aliphatic carbocycles. The van der Waals surface area contributed by atoms with Gasteiger partial charge in [0, 0.05) is 11.0 Å². The van der Waals surface area contributed by atoms with Crippen molar-refractivity contribution in [3.05, 3.63) is 35.9 Å². The Morgan fingerprint density at radius 1 is 1.08 bits per heavy atom. The molecule has 1 aromatic carbocycles. The zero-order valence-electron chi connectivity index (χ0n) is 8.34. The minimum absolute atomic E-state index is 0. The van der Waals surface area contributed by atoms with E-state index in [1.165, 1.54) is 0 Å². The van der Waals surface area contributed by atoms with Crippen molar-refractivity contribution in [1.82, 2.24) is 0 Å². The highest BCUT2D eigenvalue weighted by atomic mass is 35.5. The Hall–Kier alpha value is -0.820. The summed E-state index contributed by atoms with van der Waals surface area (Å²) in [5.74, 6) is 0. The summed E-state index contributed by atoms with van der Waals surface area (Å²) in [5.41, 5.74) is 2.13. The summed E-state index contributed by atoms with van der Waals surface area (Å²) in [6, 6.07) is 10.1. The third-order valence-corrected chi connectivity index (χ3v) is 1.89. The summed E-state index contributed by atoms with van der Waals surface area (Å²) in [6.45, 7) is 6.36. The van der Waals surface area contributed by atoms with Gasteiger partial charge in [0.05, 0.1) is 0 Å². The molecule has 0 spiro atoms.